The van der Waals surface area contributed by atoms with Crippen LogP contribution >= 0.6 is 49.6 Å². The second-order valence-electron chi connectivity index (χ2n) is 0. The van der Waals surface area contributed by atoms with Gasteiger partial charge in [0.05, 0.1) is 0 Å². The van der Waals surface area contributed by atoms with Crippen molar-refractivity contribution in [3.63, 3.8) is 0 Å². The van der Waals surface area contributed by atoms with Crippen LogP contribution in [0.2, 0.25) is 0 Å². The van der Waals surface area contributed by atoms with Gasteiger partial charge in [-0.1, -0.05) is 0 Å². The summed E-state index contributed by atoms with van der Waals surface area (Å²) in [6, 6.07) is 0. The SMILES string of the molecule is Cl.Cl.Cl.Cl.[NaH].[NaH].[NaH].[NaH].[NaH].[NaH].[NaH].[NaH].[NaH].[NaH].[NaH].[NaH].[NaH].[NaH].[NaH].[NaH].[NaH].[NaH].[NaH].[NaH].[NaH]. The standard InChI is InChI=1S/4ClH.21Na.21H/h4*1H;;;;;;;;;;;;;;;;;;;;;;;;;;;;;;;;;;;;;;;;;;. The predicted octanol–water partition coefficient (Wildman–Crippen LogP) is -11.9. The topological polar surface area (TPSA) is 0 Å². The molecule has 0 aromatic heterocycles. The van der Waals surface area contributed by atoms with Gasteiger partial charge in [0.2, 0.25) is 0 Å². The fourth-order valence-corrected chi connectivity index (χ4v) is 0. The van der Waals surface area contributed by atoms with Crippen LogP contribution in [0, 0.1) is 0 Å². The van der Waals surface area contributed by atoms with E-state index in [1.807, 2.05) is 0 Å². The third kappa shape index (κ3) is 183. The summed E-state index contributed by atoms with van der Waals surface area (Å²) in [4.78, 5) is 0. The van der Waals surface area contributed by atoms with E-state index in [1.165, 1.54) is 0 Å². The minimum atomic E-state index is 0. The van der Waals surface area contributed by atoms with Crippen LogP contribution in [-0.4, -0.2) is 621 Å². The van der Waals surface area contributed by atoms with E-state index in [0.717, 1.165) is 0 Å². The number of rotatable bonds is 0. The fourth-order valence-electron chi connectivity index (χ4n) is 0. The molecule has 0 saturated heterocycles. The van der Waals surface area contributed by atoms with Crippen molar-refractivity contribution in [1.82, 2.24) is 0 Å². The molecular formula is H25Cl4Na21. The Morgan fingerprint density at radius 3 is 0.0800 bits per heavy atom. The Hall–Kier alpha value is 22.2. The van der Waals surface area contributed by atoms with Crippen LogP contribution < -0.4 is 0 Å². The summed E-state index contributed by atoms with van der Waals surface area (Å²) < 4.78 is 0. The summed E-state index contributed by atoms with van der Waals surface area (Å²) in [6.07, 6.45) is 0. The molecule has 0 aliphatic carbocycles. The molecule has 0 nitrogen and oxygen atoms in total. The van der Waals surface area contributed by atoms with Crippen molar-refractivity contribution in [3.8, 4) is 0 Å². The Labute approximate surface area is 647 Å². The van der Waals surface area contributed by atoms with E-state index in [1.54, 1.807) is 0 Å². The van der Waals surface area contributed by atoms with Gasteiger partial charge in [-0.15, -0.1) is 49.6 Å². The average Bonchev–Trinajstić information content (AvgIpc) is 0. The van der Waals surface area contributed by atoms with Crippen molar-refractivity contribution in [2.24, 2.45) is 0 Å². The zero-order chi connectivity index (χ0) is 0. The fraction of sp³-hybridized carbons (Fsp3) is 0. The molecule has 0 rings (SSSR count). The van der Waals surface area contributed by atoms with Gasteiger partial charge in [0.15, 0.2) is 0 Å². The Bertz CT molecular complexity index is 15.9. The molecule has 0 spiro atoms. The van der Waals surface area contributed by atoms with Crippen LogP contribution in [0.5, 0.6) is 0 Å². The van der Waals surface area contributed by atoms with Crippen molar-refractivity contribution < 1.29 is 0 Å². The molecule has 0 bridgehead atoms. The van der Waals surface area contributed by atoms with Crippen LogP contribution in [0.4, 0.5) is 0 Å². The van der Waals surface area contributed by atoms with E-state index < -0.39 is 0 Å². The van der Waals surface area contributed by atoms with Crippen LogP contribution in [0.25, 0.3) is 0 Å². The summed E-state index contributed by atoms with van der Waals surface area (Å²) in [6.45, 7) is 0. The van der Waals surface area contributed by atoms with E-state index in [2.05, 4.69) is 0 Å². The van der Waals surface area contributed by atoms with E-state index in [4.69, 9.17) is 0 Å². The number of halogens is 4. The molecular weight excluding hydrogens is 625 g/mol. The first-order valence-electron chi connectivity index (χ1n) is 0. The molecule has 0 aromatic rings. The summed E-state index contributed by atoms with van der Waals surface area (Å²) in [5.41, 5.74) is 0. The average molecular weight is 650 g/mol. The first-order chi connectivity index (χ1) is 0. The van der Waals surface area contributed by atoms with Gasteiger partial charge in [0.1, 0.15) is 0 Å². The maximum atomic E-state index is 0. The van der Waals surface area contributed by atoms with E-state index in [9.17, 15) is 0 Å². The molecule has 25 heavy (non-hydrogen) atoms. The summed E-state index contributed by atoms with van der Waals surface area (Å²) in [5, 5.41) is 0. The quantitative estimate of drug-likeness (QED) is 0.229. The Morgan fingerprint density at radius 2 is 0.0800 bits per heavy atom. The normalized spacial score (nSPS) is 0. The minimum absolute atomic E-state index is 0. The van der Waals surface area contributed by atoms with Crippen molar-refractivity contribution in [1.29, 1.82) is 0 Å². The van der Waals surface area contributed by atoms with Gasteiger partial charge in [-0.05, 0) is 0 Å². The molecule has 0 radical (unpaired) electrons. The summed E-state index contributed by atoms with van der Waals surface area (Å²) in [5.74, 6) is 0. The van der Waals surface area contributed by atoms with Gasteiger partial charge in [-0.3, -0.25) is 0 Å². The van der Waals surface area contributed by atoms with Crippen LogP contribution in [0.1, 0.15) is 0 Å². The second kappa shape index (κ2) is 192. The molecule has 0 unspecified atom stereocenters. The van der Waals surface area contributed by atoms with Gasteiger partial charge < -0.3 is 0 Å². The monoisotopic (exact) mass is 648 g/mol. The van der Waals surface area contributed by atoms with Gasteiger partial charge >= 0.3 is 621 Å². The summed E-state index contributed by atoms with van der Waals surface area (Å²) in [7, 11) is 0. The van der Waals surface area contributed by atoms with E-state index >= 15 is 0 Å². The zero-order valence-electron chi connectivity index (χ0n) is 1.63. The molecule has 0 saturated carbocycles. The van der Waals surface area contributed by atoms with Gasteiger partial charge in [-0.2, -0.15) is 0 Å². The third-order valence-corrected chi connectivity index (χ3v) is 0. The van der Waals surface area contributed by atoms with Crippen LogP contribution in [0.15, 0.2) is 0 Å². The van der Waals surface area contributed by atoms with Crippen molar-refractivity contribution >= 4 is 670 Å². The molecule has 0 N–H and O–H groups in total. The third-order valence-electron chi connectivity index (χ3n) is 0. The Morgan fingerprint density at radius 1 is 0.0800 bits per heavy atom. The Balaban J connectivity index is 0. The van der Waals surface area contributed by atoms with Crippen LogP contribution in [-0.2, 0) is 0 Å². The predicted molar refractivity (Wildman–Crippen MR) is 179 cm³/mol. The van der Waals surface area contributed by atoms with Gasteiger partial charge in [-0.25, -0.2) is 0 Å². The molecule has 0 aliphatic heterocycles. The first kappa shape index (κ1) is 205. The summed E-state index contributed by atoms with van der Waals surface area (Å²) >= 11 is 0. The molecule has 0 aromatic carbocycles. The van der Waals surface area contributed by atoms with Crippen molar-refractivity contribution in [3.05, 3.63) is 0 Å². The molecule has 0 amide bonds. The molecule has 0 aliphatic rings. The van der Waals surface area contributed by atoms with Gasteiger partial charge in [0, 0.05) is 0 Å². The van der Waals surface area contributed by atoms with Crippen molar-refractivity contribution in [2.75, 3.05) is 0 Å². The molecule has 0 fully saturated rings. The van der Waals surface area contributed by atoms with Crippen LogP contribution in [0.3, 0.4) is 0 Å². The number of hydrogen-bond acceptors (Lipinski definition) is 0. The number of hydrogen-bond donors (Lipinski definition) is 0. The second-order valence-corrected chi connectivity index (χ2v) is 0. The first-order valence-corrected chi connectivity index (χ1v) is 0. The molecule has 0 atom stereocenters. The zero-order valence-corrected chi connectivity index (χ0v) is 4.90. The van der Waals surface area contributed by atoms with E-state index in [-0.39, 0.29) is 670 Å². The Kier molecular flexibility index (Phi) is 1570. The molecule has 0 heterocycles. The molecule has 74 valence electrons. The van der Waals surface area contributed by atoms with Gasteiger partial charge in [0.25, 0.3) is 0 Å². The van der Waals surface area contributed by atoms with E-state index in [0.29, 0.717) is 0 Å². The molecule has 25 heteroatoms. The maximum absolute atomic E-state index is 0. The van der Waals surface area contributed by atoms with Crippen molar-refractivity contribution in [2.45, 2.75) is 0 Å².